The molecule has 0 N–H and O–H groups in total. The maximum Gasteiger partial charge on any atom is 0.267 e. The van der Waals surface area contributed by atoms with Crippen molar-refractivity contribution in [2.75, 3.05) is 11.4 Å². The fraction of sp³-hybridized carbons (Fsp3) is 0.100. The van der Waals surface area contributed by atoms with Crippen LogP contribution in [-0.2, 0) is 16.6 Å². The normalized spacial score (nSPS) is 11.2. The maximum absolute atomic E-state index is 14.2. The molecule has 7 heteroatoms. The van der Waals surface area contributed by atoms with Gasteiger partial charge in [0.1, 0.15) is 22.3 Å². The molecule has 0 spiro atoms. The Morgan fingerprint density at radius 3 is 2.30 bits per heavy atom. The molecular formula is C20H17F2NO3S. The Hall–Kier alpha value is -2.93. The number of anilines is 1. The number of rotatable bonds is 6. The quantitative estimate of drug-likeness (QED) is 0.629. The van der Waals surface area contributed by atoms with Crippen LogP contribution >= 0.6 is 0 Å². The molecule has 0 aliphatic carbocycles. The highest BCUT2D eigenvalue weighted by Gasteiger charge is 2.28. The Bertz CT molecular complexity index is 1040. The van der Waals surface area contributed by atoms with E-state index >= 15 is 0 Å². The summed E-state index contributed by atoms with van der Waals surface area (Å²) in [6, 6.07) is 17.0. The lowest BCUT2D eigenvalue weighted by molar-refractivity contribution is 0.414. The summed E-state index contributed by atoms with van der Waals surface area (Å²) < 4.78 is 60.0. The van der Waals surface area contributed by atoms with Crippen molar-refractivity contribution in [2.45, 2.75) is 11.4 Å². The third-order valence-corrected chi connectivity index (χ3v) is 5.79. The van der Waals surface area contributed by atoms with E-state index in [1.165, 1.54) is 37.4 Å². The summed E-state index contributed by atoms with van der Waals surface area (Å²) in [7, 11) is -2.71. The van der Waals surface area contributed by atoms with Crippen molar-refractivity contribution in [3.05, 3.63) is 90.0 Å². The topological polar surface area (TPSA) is 46.6 Å². The van der Waals surface area contributed by atoms with Crippen LogP contribution in [0.15, 0.2) is 77.7 Å². The molecule has 0 aliphatic rings. The Balaban J connectivity index is 2.09. The average Bonchev–Trinajstić information content (AvgIpc) is 2.67. The molecule has 0 amide bonds. The first kappa shape index (κ1) is 18.8. The Morgan fingerprint density at radius 2 is 1.63 bits per heavy atom. The number of nitrogens with zero attached hydrogens (tertiary/aromatic N) is 1. The van der Waals surface area contributed by atoms with Gasteiger partial charge in [-0.05, 0) is 54.1 Å². The van der Waals surface area contributed by atoms with E-state index in [-0.39, 0.29) is 12.2 Å². The molecule has 0 aromatic heterocycles. The van der Waals surface area contributed by atoms with Crippen LogP contribution in [0.5, 0.6) is 5.75 Å². The standard InChI is InChI=1S/C20H17F2NO3S/c1-26-18-6-4-5-15(13-18)14-23(17-11-9-16(21)10-12-17)27(24,25)20-8-3-2-7-19(20)22/h2-13H,14H2,1H3. The van der Waals surface area contributed by atoms with Crippen LogP contribution in [0.3, 0.4) is 0 Å². The number of methoxy groups -OCH3 is 1. The van der Waals surface area contributed by atoms with E-state index in [4.69, 9.17) is 4.74 Å². The zero-order valence-corrected chi connectivity index (χ0v) is 15.3. The van der Waals surface area contributed by atoms with E-state index in [1.807, 2.05) is 0 Å². The van der Waals surface area contributed by atoms with E-state index in [1.54, 1.807) is 24.3 Å². The Labute approximate surface area is 156 Å². The van der Waals surface area contributed by atoms with Crippen molar-refractivity contribution in [2.24, 2.45) is 0 Å². The van der Waals surface area contributed by atoms with Gasteiger partial charge in [-0.2, -0.15) is 0 Å². The van der Waals surface area contributed by atoms with Crippen LogP contribution in [0.4, 0.5) is 14.5 Å². The summed E-state index contributed by atoms with van der Waals surface area (Å²) >= 11 is 0. The lowest BCUT2D eigenvalue weighted by Crippen LogP contribution is -2.31. The van der Waals surface area contributed by atoms with Gasteiger partial charge in [-0.3, -0.25) is 4.31 Å². The minimum Gasteiger partial charge on any atom is -0.497 e. The third-order valence-electron chi connectivity index (χ3n) is 3.98. The highest BCUT2D eigenvalue weighted by Crippen LogP contribution is 2.28. The van der Waals surface area contributed by atoms with Gasteiger partial charge in [-0.15, -0.1) is 0 Å². The second-order valence-corrected chi connectivity index (χ2v) is 7.60. The molecular weight excluding hydrogens is 372 g/mol. The summed E-state index contributed by atoms with van der Waals surface area (Å²) in [5, 5.41) is 0. The average molecular weight is 389 g/mol. The lowest BCUT2D eigenvalue weighted by atomic mass is 10.2. The van der Waals surface area contributed by atoms with Crippen LogP contribution in [0, 0.1) is 11.6 Å². The molecule has 27 heavy (non-hydrogen) atoms. The van der Waals surface area contributed by atoms with Gasteiger partial charge in [0.05, 0.1) is 19.3 Å². The fourth-order valence-corrected chi connectivity index (χ4v) is 4.15. The summed E-state index contributed by atoms with van der Waals surface area (Å²) in [6.07, 6.45) is 0. The largest absolute Gasteiger partial charge is 0.497 e. The number of halogens is 2. The molecule has 0 bridgehead atoms. The van der Waals surface area contributed by atoms with Crippen molar-refractivity contribution in [1.82, 2.24) is 0 Å². The van der Waals surface area contributed by atoms with Crippen molar-refractivity contribution in [3.63, 3.8) is 0 Å². The number of benzene rings is 3. The predicted molar refractivity (Wildman–Crippen MR) is 99.2 cm³/mol. The molecule has 0 heterocycles. The van der Waals surface area contributed by atoms with Crippen LogP contribution in [-0.4, -0.2) is 15.5 Å². The Morgan fingerprint density at radius 1 is 0.926 bits per heavy atom. The first-order valence-corrected chi connectivity index (χ1v) is 9.51. The molecule has 0 aliphatic heterocycles. The Kier molecular flexibility index (Phi) is 5.41. The SMILES string of the molecule is COc1cccc(CN(c2ccc(F)cc2)S(=O)(=O)c2ccccc2F)c1. The van der Waals surface area contributed by atoms with Crippen molar-refractivity contribution < 1.29 is 21.9 Å². The molecule has 3 aromatic rings. The number of sulfonamides is 1. The summed E-state index contributed by atoms with van der Waals surface area (Å²) in [4.78, 5) is -0.447. The van der Waals surface area contributed by atoms with Gasteiger partial charge in [0.25, 0.3) is 10.0 Å². The number of hydrogen-bond donors (Lipinski definition) is 0. The first-order chi connectivity index (χ1) is 12.9. The van der Waals surface area contributed by atoms with Crippen LogP contribution in [0.25, 0.3) is 0 Å². The zero-order valence-electron chi connectivity index (χ0n) is 14.5. The van der Waals surface area contributed by atoms with Gasteiger partial charge in [0.15, 0.2) is 0 Å². The minimum atomic E-state index is -4.22. The lowest BCUT2D eigenvalue weighted by Gasteiger charge is -2.25. The van der Waals surface area contributed by atoms with Crippen molar-refractivity contribution in [3.8, 4) is 5.75 Å². The van der Waals surface area contributed by atoms with E-state index < -0.39 is 26.6 Å². The van der Waals surface area contributed by atoms with Crippen LogP contribution < -0.4 is 9.04 Å². The van der Waals surface area contributed by atoms with E-state index in [0.29, 0.717) is 11.3 Å². The first-order valence-electron chi connectivity index (χ1n) is 8.07. The molecule has 0 saturated heterocycles. The van der Waals surface area contributed by atoms with E-state index in [9.17, 15) is 17.2 Å². The monoisotopic (exact) mass is 389 g/mol. The molecule has 4 nitrogen and oxygen atoms in total. The predicted octanol–water partition coefficient (Wildman–Crippen LogP) is 4.37. The molecule has 140 valence electrons. The minimum absolute atomic E-state index is 0.0699. The van der Waals surface area contributed by atoms with Gasteiger partial charge >= 0.3 is 0 Å². The molecule has 0 unspecified atom stereocenters. The maximum atomic E-state index is 14.2. The van der Waals surface area contributed by atoms with Crippen molar-refractivity contribution in [1.29, 1.82) is 0 Å². The second kappa shape index (κ2) is 7.75. The molecule has 0 saturated carbocycles. The smallest absolute Gasteiger partial charge is 0.267 e. The summed E-state index contributed by atoms with van der Waals surface area (Å²) in [6.45, 7) is -0.0699. The van der Waals surface area contributed by atoms with Gasteiger partial charge in [0.2, 0.25) is 0 Å². The highest BCUT2D eigenvalue weighted by atomic mass is 32.2. The van der Waals surface area contributed by atoms with Gasteiger partial charge in [-0.25, -0.2) is 17.2 Å². The summed E-state index contributed by atoms with van der Waals surface area (Å²) in [5.41, 5.74) is 0.862. The van der Waals surface area contributed by atoms with E-state index in [2.05, 4.69) is 0 Å². The summed E-state index contributed by atoms with van der Waals surface area (Å²) in [5.74, 6) is -0.784. The molecule has 0 fully saturated rings. The third kappa shape index (κ3) is 4.09. The van der Waals surface area contributed by atoms with Crippen molar-refractivity contribution >= 4 is 15.7 Å². The van der Waals surface area contributed by atoms with Gasteiger partial charge in [0, 0.05) is 0 Å². The van der Waals surface area contributed by atoms with E-state index in [0.717, 1.165) is 22.5 Å². The number of hydrogen-bond acceptors (Lipinski definition) is 3. The molecule has 0 atom stereocenters. The molecule has 0 radical (unpaired) electrons. The zero-order chi connectivity index (χ0) is 19.4. The molecule has 3 rings (SSSR count). The van der Waals surface area contributed by atoms with Gasteiger partial charge < -0.3 is 4.74 Å². The second-order valence-electron chi connectivity index (χ2n) is 5.77. The van der Waals surface area contributed by atoms with Crippen LogP contribution in [0.2, 0.25) is 0 Å². The number of ether oxygens (including phenoxy) is 1. The van der Waals surface area contributed by atoms with Gasteiger partial charge in [-0.1, -0.05) is 24.3 Å². The highest BCUT2D eigenvalue weighted by molar-refractivity contribution is 7.92. The fourth-order valence-electron chi connectivity index (χ4n) is 2.63. The molecule has 3 aromatic carbocycles. The van der Waals surface area contributed by atoms with Crippen LogP contribution in [0.1, 0.15) is 5.56 Å².